The van der Waals surface area contributed by atoms with Gasteiger partial charge in [0.25, 0.3) is 0 Å². The molecule has 1 aliphatic heterocycles. The number of aryl methyl sites for hydroxylation is 1. The van der Waals surface area contributed by atoms with Crippen LogP contribution in [0, 0.1) is 6.92 Å². The average Bonchev–Trinajstić information content (AvgIpc) is 3.42. The Kier molecular flexibility index (Phi) is 5.65. The summed E-state index contributed by atoms with van der Waals surface area (Å²) in [6.45, 7) is 5.73. The fourth-order valence-electron chi connectivity index (χ4n) is 4.85. The first-order valence-corrected chi connectivity index (χ1v) is 11.7. The summed E-state index contributed by atoms with van der Waals surface area (Å²) < 4.78 is 2.13. The SMILES string of the molecule is CCCc1nc2ccc(C3=NCCN3C)cc2n1-c1ccc(-c2ccccc2)c(C(=O)O)c1C. The quantitative estimate of drug-likeness (QED) is 0.428. The van der Waals surface area contributed by atoms with E-state index in [2.05, 4.69) is 40.6 Å². The van der Waals surface area contributed by atoms with Crippen molar-refractivity contribution in [1.82, 2.24) is 14.5 Å². The molecule has 0 amide bonds. The molecule has 0 saturated carbocycles. The molecular weight excluding hydrogens is 424 g/mol. The predicted octanol–water partition coefficient (Wildman–Crippen LogP) is 5.34. The lowest BCUT2D eigenvalue weighted by Gasteiger charge is -2.18. The average molecular weight is 453 g/mol. The van der Waals surface area contributed by atoms with E-state index >= 15 is 0 Å². The summed E-state index contributed by atoms with van der Waals surface area (Å²) in [6, 6.07) is 19.9. The number of benzene rings is 3. The van der Waals surface area contributed by atoms with Crippen LogP contribution in [0.4, 0.5) is 0 Å². The number of aliphatic imine (C=N–C) groups is 1. The second-order valence-electron chi connectivity index (χ2n) is 8.75. The lowest BCUT2D eigenvalue weighted by atomic mass is 9.94. The Hall–Kier alpha value is -3.93. The van der Waals surface area contributed by atoms with Gasteiger partial charge in [-0.05, 0) is 54.3 Å². The van der Waals surface area contributed by atoms with Gasteiger partial charge < -0.3 is 10.0 Å². The number of imidazole rings is 1. The number of aromatic carboxylic acids is 1. The molecule has 6 nitrogen and oxygen atoms in total. The van der Waals surface area contributed by atoms with Crippen LogP contribution in [-0.2, 0) is 6.42 Å². The molecule has 0 radical (unpaired) electrons. The van der Waals surface area contributed by atoms with Crippen molar-refractivity contribution >= 4 is 22.8 Å². The van der Waals surface area contributed by atoms with Gasteiger partial charge in [0, 0.05) is 25.6 Å². The van der Waals surface area contributed by atoms with Gasteiger partial charge >= 0.3 is 5.97 Å². The molecule has 172 valence electrons. The highest BCUT2D eigenvalue weighted by atomic mass is 16.4. The summed E-state index contributed by atoms with van der Waals surface area (Å²) in [5.41, 5.74) is 6.43. The Morgan fingerprint density at radius 1 is 1.06 bits per heavy atom. The predicted molar refractivity (Wildman–Crippen MR) is 136 cm³/mol. The smallest absolute Gasteiger partial charge is 0.336 e. The van der Waals surface area contributed by atoms with Crippen molar-refractivity contribution in [3.05, 3.63) is 83.2 Å². The maximum absolute atomic E-state index is 12.4. The highest BCUT2D eigenvalue weighted by Gasteiger charge is 2.22. The number of hydrogen-bond acceptors (Lipinski definition) is 4. The molecule has 0 saturated heterocycles. The van der Waals surface area contributed by atoms with E-state index < -0.39 is 5.97 Å². The minimum absolute atomic E-state index is 0.323. The number of hydrogen-bond donors (Lipinski definition) is 1. The van der Waals surface area contributed by atoms with Crippen molar-refractivity contribution in [3.8, 4) is 16.8 Å². The number of carboxylic acids is 1. The topological polar surface area (TPSA) is 70.7 Å². The van der Waals surface area contributed by atoms with Crippen molar-refractivity contribution < 1.29 is 9.90 Å². The first-order valence-electron chi connectivity index (χ1n) is 11.7. The Morgan fingerprint density at radius 3 is 2.53 bits per heavy atom. The molecule has 5 rings (SSSR count). The standard InChI is InChI=1S/C28H28N4O2/c1-4-8-25-30-22-13-11-20(27-29-15-16-31(27)3)17-24(22)32(25)23-14-12-21(19-9-6-5-7-10-19)26(18(23)2)28(33)34/h5-7,9-14,17H,4,8,15-16H2,1-3H3,(H,33,34). The van der Waals surface area contributed by atoms with Crippen LogP contribution >= 0.6 is 0 Å². The van der Waals surface area contributed by atoms with E-state index in [1.165, 1.54) is 0 Å². The highest BCUT2D eigenvalue weighted by Crippen LogP contribution is 2.33. The van der Waals surface area contributed by atoms with Gasteiger partial charge in [-0.3, -0.25) is 9.56 Å². The van der Waals surface area contributed by atoms with Crippen LogP contribution in [0.15, 0.2) is 65.7 Å². The van der Waals surface area contributed by atoms with E-state index in [9.17, 15) is 9.90 Å². The Bertz CT molecular complexity index is 1420. The van der Waals surface area contributed by atoms with E-state index in [-0.39, 0.29) is 0 Å². The monoisotopic (exact) mass is 452 g/mol. The van der Waals surface area contributed by atoms with Gasteiger partial charge in [-0.1, -0.05) is 43.3 Å². The molecule has 0 bridgehead atoms. The molecule has 1 N–H and O–H groups in total. The van der Waals surface area contributed by atoms with Crippen molar-refractivity contribution in [3.63, 3.8) is 0 Å². The molecule has 0 unspecified atom stereocenters. The minimum atomic E-state index is -0.928. The number of carboxylic acid groups (broad SMARTS) is 1. The maximum atomic E-state index is 12.4. The van der Waals surface area contributed by atoms with Gasteiger partial charge in [-0.25, -0.2) is 9.78 Å². The number of carbonyl (C=O) groups is 1. The van der Waals surface area contributed by atoms with Crippen LogP contribution in [-0.4, -0.2) is 51.5 Å². The highest BCUT2D eigenvalue weighted by molar-refractivity contribution is 6.02. The number of rotatable bonds is 6. The zero-order valence-electron chi connectivity index (χ0n) is 19.7. The molecule has 1 aromatic heterocycles. The normalized spacial score (nSPS) is 13.5. The Labute approximate surface area is 199 Å². The number of likely N-dealkylation sites (N-methyl/N-ethyl adjacent to an activating group) is 1. The molecule has 4 aromatic rings. The van der Waals surface area contributed by atoms with Gasteiger partial charge in [0.15, 0.2) is 0 Å². The number of amidine groups is 1. The molecule has 2 heterocycles. The van der Waals surface area contributed by atoms with E-state index in [0.717, 1.165) is 76.6 Å². The summed E-state index contributed by atoms with van der Waals surface area (Å²) in [5, 5.41) is 10.2. The lowest BCUT2D eigenvalue weighted by Crippen LogP contribution is -2.23. The van der Waals surface area contributed by atoms with Crippen molar-refractivity contribution in [2.24, 2.45) is 4.99 Å². The fraction of sp³-hybridized carbons (Fsp3) is 0.250. The largest absolute Gasteiger partial charge is 0.478 e. The van der Waals surface area contributed by atoms with Crippen LogP contribution in [0.3, 0.4) is 0 Å². The molecule has 0 spiro atoms. The molecule has 0 fully saturated rings. The second kappa shape index (κ2) is 8.78. The van der Waals surface area contributed by atoms with Gasteiger partial charge in [0.1, 0.15) is 11.7 Å². The number of fused-ring (bicyclic) bond motifs is 1. The van der Waals surface area contributed by atoms with Crippen molar-refractivity contribution in [1.29, 1.82) is 0 Å². The van der Waals surface area contributed by atoms with Gasteiger partial charge in [0.05, 0.1) is 28.8 Å². The summed E-state index contributed by atoms with van der Waals surface area (Å²) in [5.74, 6) is 0.986. The number of nitrogens with zero attached hydrogens (tertiary/aromatic N) is 4. The van der Waals surface area contributed by atoms with Gasteiger partial charge in [-0.2, -0.15) is 0 Å². The van der Waals surface area contributed by atoms with Crippen molar-refractivity contribution in [2.45, 2.75) is 26.7 Å². The maximum Gasteiger partial charge on any atom is 0.336 e. The molecule has 0 aliphatic carbocycles. The first kappa shape index (κ1) is 21.9. The third kappa shape index (κ3) is 3.65. The van der Waals surface area contributed by atoms with Crippen LogP contribution < -0.4 is 0 Å². The zero-order valence-corrected chi connectivity index (χ0v) is 19.7. The van der Waals surface area contributed by atoms with Crippen molar-refractivity contribution in [2.75, 3.05) is 20.1 Å². The van der Waals surface area contributed by atoms with Crippen LogP contribution in [0.25, 0.3) is 27.8 Å². The molecule has 34 heavy (non-hydrogen) atoms. The molecule has 6 heteroatoms. The van der Waals surface area contributed by atoms with Crippen LogP contribution in [0.2, 0.25) is 0 Å². The lowest BCUT2D eigenvalue weighted by molar-refractivity contribution is 0.0697. The zero-order chi connectivity index (χ0) is 23.8. The fourth-order valence-corrected chi connectivity index (χ4v) is 4.85. The first-order chi connectivity index (χ1) is 16.5. The van der Waals surface area contributed by atoms with Crippen LogP contribution in [0.1, 0.15) is 40.7 Å². The second-order valence-corrected chi connectivity index (χ2v) is 8.75. The van der Waals surface area contributed by atoms with Gasteiger partial charge in [-0.15, -0.1) is 0 Å². The Balaban J connectivity index is 1.75. The van der Waals surface area contributed by atoms with Crippen LogP contribution in [0.5, 0.6) is 0 Å². The summed E-state index contributed by atoms with van der Waals surface area (Å²) in [6.07, 6.45) is 1.74. The van der Waals surface area contributed by atoms with E-state index in [0.29, 0.717) is 5.56 Å². The summed E-state index contributed by atoms with van der Waals surface area (Å²) in [4.78, 5) is 24.2. The van der Waals surface area contributed by atoms with E-state index in [4.69, 9.17) is 4.98 Å². The third-order valence-corrected chi connectivity index (χ3v) is 6.49. The van der Waals surface area contributed by atoms with E-state index in [1.54, 1.807) is 0 Å². The molecular formula is C28H28N4O2. The summed E-state index contributed by atoms with van der Waals surface area (Å²) >= 11 is 0. The molecule has 0 atom stereocenters. The van der Waals surface area contributed by atoms with Gasteiger partial charge in [0.2, 0.25) is 0 Å². The Morgan fingerprint density at radius 2 is 1.85 bits per heavy atom. The third-order valence-electron chi connectivity index (χ3n) is 6.49. The minimum Gasteiger partial charge on any atom is -0.478 e. The molecule has 1 aliphatic rings. The number of aromatic nitrogens is 2. The molecule has 3 aromatic carbocycles. The summed E-state index contributed by atoms with van der Waals surface area (Å²) in [7, 11) is 2.06. The van der Waals surface area contributed by atoms with E-state index in [1.807, 2.05) is 55.5 Å².